The van der Waals surface area contributed by atoms with Gasteiger partial charge >= 0.3 is 0 Å². The molecular weight excluding hydrogens is 586 g/mol. The summed E-state index contributed by atoms with van der Waals surface area (Å²) in [5, 5.41) is 5.42. The Hall–Kier alpha value is -4.10. The summed E-state index contributed by atoms with van der Waals surface area (Å²) in [6, 6.07) is 11.7. The second-order valence-electron chi connectivity index (χ2n) is 10.8. The number of rotatable bonds is 9. The molecule has 0 radical (unpaired) electrons. The average Bonchev–Trinajstić information content (AvgIpc) is 3.60. The number of carbonyl (C=O) groups excluding carboxylic acids is 1. The molecule has 2 unspecified atom stereocenters. The molecule has 2 aromatic carbocycles. The maximum Gasteiger partial charge on any atom is 0.221 e. The van der Waals surface area contributed by atoms with E-state index in [1.54, 1.807) is 43.7 Å². The number of ether oxygens (including phenoxy) is 4. The van der Waals surface area contributed by atoms with Gasteiger partial charge in [-0.15, -0.1) is 0 Å². The summed E-state index contributed by atoms with van der Waals surface area (Å²) in [5.74, 6) is 2.63. The fourth-order valence-electron chi connectivity index (χ4n) is 5.68. The van der Waals surface area contributed by atoms with Gasteiger partial charge in [0.15, 0.2) is 23.4 Å². The van der Waals surface area contributed by atoms with Crippen LogP contribution in [0.4, 0.5) is 0 Å². The third-order valence-corrected chi connectivity index (χ3v) is 8.48. The number of amides is 1. The first-order valence-electron chi connectivity index (χ1n) is 14.4. The standard InChI is InChI=1S/C31H36ClN7O5/c1-41-27-6-3-22(14-28(27)42-2)16-35-29(40)15-25-18-39(31(32)7-8-34-30(36-31)38-10-9-33-20-38)12-11-37(25)17-23-4-5-26-24(13-23)19-43-21-44-26/h3-10,13-14,20,25H,11-12,15-19,21H2,1-2H3,(H,34,36)(H,35,40). The summed E-state index contributed by atoms with van der Waals surface area (Å²) in [6.07, 6.45) is 8.99. The number of hydrogen-bond donors (Lipinski definition) is 2. The van der Waals surface area contributed by atoms with Gasteiger partial charge in [0.05, 0.1) is 20.8 Å². The molecule has 1 saturated heterocycles. The predicted molar refractivity (Wildman–Crippen MR) is 164 cm³/mol. The topological polar surface area (TPSA) is 115 Å². The van der Waals surface area contributed by atoms with Crippen molar-refractivity contribution in [3.63, 3.8) is 0 Å². The molecule has 44 heavy (non-hydrogen) atoms. The zero-order valence-electron chi connectivity index (χ0n) is 24.7. The van der Waals surface area contributed by atoms with Crippen molar-refractivity contribution >= 4 is 23.5 Å². The molecule has 232 valence electrons. The van der Waals surface area contributed by atoms with Gasteiger partial charge in [0.1, 0.15) is 12.1 Å². The molecule has 2 atom stereocenters. The van der Waals surface area contributed by atoms with E-state index in [-0.39, 0.29) is 18.7 Å². The molecule has 13 heteroatoms. The summed E-state index contributed by atoms with van der Waals surface area (Å²) in [6.45, 7) is 3.78. The molecule has 0 saturated carbocycles. The Kier molecular flexibility index (Phi) is 9.03. The van der Waals surface area contributed by atoms with Crippen LogP contribution in [0.1, 0.15) is 23.1 Å². The van der Waals surface area contributed by atoms with Crippen molar-refractivity contribution < 1.29 is 23.7 Å². The van der Waals surface area contributed by atoms with Gasteiger partial charge in [0.2, 0.25) is 11.9 Å². The minimum Gasteiger partial charge on any atom is -0.493 e. The first-order valence-corrected chi connectivity index (χ1v) is 14.8. The fraction of sp³-hybridized carbons (Fsp3) is 0.387. The quantitative estimate of drug-likeness (QED) is 0.275. The van der Waals surface area contributed by atoms with Gasteiger partial charge in [0.25, 0.3) is 0 Å². The highest BCUT2D eigenvalue weighted by Crippen LogP contribution is 2.30. The zero-order valence-corrected chi connectivity index (χ0v) is 25.5. The number of aliphatic imine (C=N–C) groups is 1. The van der Waals surface area contributed by atoms with Crippen LogP contribution in [0.25, 0.3) is 0 Å². The summed E-state index contributed by atoms with van der Waals surface area (Å²) in [5.41, 5.74) is 3.08. The van der Waals surface area contributed by atoms with Crippen molar-refractivity contribution in [2.24, 2.45) is 4.99 Å². The van der Waals surface area contributed by atoms with E-state index in [9.17, 15) is 4.79 Å². The van der Waals surface area contributed by atoms with Crippen molar-refractivity contribution in [1.29, 1.82) is 0 Å². The SMILES string of the molecule is COc1ccc(CNC(=O)CC2CN(C3(Cl)C=CN=C(n4ccnc4)N3)CCN2Cc2ccc3c(c2)COCO3)cc1OC. The van der Waals surface area contributed by atoms with Gasteiger partial charge in [-0.1, -0.05) is 23.7 Å². The Bertz CT molecular complexity index is 1530. The first kappa shape index (κ1) is 29.9. The maximum absolute atomic E-state index is 13.4. The van der Waals surface area contributed by atoms with Crippen LogP contribution in [0.3, 0.4) is 0 Å². The van der Waals surface area contributed by atoms with Crippen LogP contribution in [0, 0.1) is 0 Å². The molecule has 12 nitrogen and oxygen atoms in total. The zero-order chi connectivity index (χ0) is 30.5. The monoisotopic (exact) mass is 621 g/mol. The number of imidazole rings is 1. The van der Waals surface area contributed by atoms with Crippen LogP contribution in [0.5, 0.6) is 17.2 Å². The summed E-state index contributed by atoms with van der Waals surface area (Å²) in [7, 11) is 3.19. The molecule has 4 heterocycles. The van der Waals surface area contributed by atoms with Crippen molar-refractivity contribution in [2.75, 3.05) is 40.6 Å². The number of piperazine rings is 1. The van der Waals surface area contributed by atoms with Crippen molar-refractivity contribution in [3.05, 3.63) is 84.1 Å². The van der Waals surface area contributed by atoms with Gasteiger partial charge in [0, 0.05) is 69.3 Å². The molecule has 3 aliphatic rings. The molecule has 3 aliphatic heterocycles. The number of carbonyl (C=O) groups is 1. The maximum atomic E-state index is 13.4. The number of alkyl halides is 1. The number of aromatic nitrogens is 2. The van der Waals surface area contributed by atoms with E-state index >= 15 is 0 Å². The molecule has 1 fully saturated rings. The van der Waals surface area contributed by atoms with E-state index < -0.39 is 5.12 Å². The molecule has 1 aromatic heterocycles. The molecule has 0 aliphatic carbocycles. The highest BCUT2D eigenvalue weighted by Gasteiger charge is 2.40. The van der Waals surface area contributed by atoms with Crippen LogP contribution in [-0.4, -0.2) is 83.0 Å². The number of hydrogen-bond acceptors (Lipinski definition) is 10. The average molecular weight is 622 g/mol. The van der Waals surface area contributed by atoms with Crippen molar-refractivity contribution in [3.8, 4) is 17.2 Å². The van der Waals surface area contributed by atoms with Gasteiger partial charge < -0.3 is 29.6 Å². The Labute approximate surface area is 261 Å². The number of fused-ring (bicyclic) bond motifs is 1. The third kappa shape index (κ3) is 6.68. The summed E-state index contributed by atoms with van der Waals surface area (Å²) >= 11 is 7.19. The normalized spacial score (nSPS) is 21.9. The highest BCUT2D eigenvalue weighted by atomic mass is 35.5. The predicted octanol–water partition coefficient (Wildman–Crippen LogP) is 2.87. The second-order valence-corrected chi connectivity index (χ2v) is 11.4. The van der Waals surface area contributed by atoms with E-state index in [1.807, 2.05) is 30.3 Å². The molecule has 0 bridgehead atoms. The van der Waals surface area contributed by atoms with Crippen LogP contribution in [0.2, 0.25) is 0 Å². The Morgan fingerprint density at radius 3 is 2.84 bits per heavy atom. The second kappa shape index (κ2) is 13.3. The minimum atomic E-state index is -1.01. The van der Waals surface area contributed by atoms with Crippen LogP contribution >= 0.6 is 11.6 Å². The van der Waals surface area contributed by atoms with Gasteiger partial charge in [-0.25, -0.2) is 9.98 Å². The van der Waals surface area contributed by atoms with Crippen molar-refractivity contribution in [2.45, 2.75) is 37.3 Å². The number of methoxy groups -OCH3 is 2. The van der Waals surface area contributed by atoms with E-state index in [0.29, 0.717) is 63.2 Å². The Balaban J connectivity index is 1.17. The van der Waals surface area contributed by atoms with Gasteiger partial charge in [-0.05, 0) is 41.5 Å². The minimum absolute atomic E-state index is 0.0553. The third-order valence-electron chi connectivity index (χ3n) is 8.02. The highest BCUT2D eigenvalue weighted by molar-refractivity contribution is 6.26. The summed E-state index contributed by atoms with van der Waals surface area (Å²) in [4.78, 5) is 26.4. The molecule has 0 spiro atoms. The lowest BCUT2D eigenvalue weighted by molar-refractivity contribution is -0.123. The molecule has 3 aromatic rings. The lowest BCUT2D eigenvalue weighted by Crippen LogP contribution is -2.65. The fourth-order valence-corrected chi connectivity index (χ4v) is 5.98. The van der Waals surface area contributed by atoms with E-state index in [1.165, 1.54) is 0 Å². The lowest BCUT2D eigenvalue weighted by Gasteiger charge is -2.47. The molecule has 6 rings (SSSR count). The Morgan fingerprint density at radius 2 is 2.02 bits per heavy atom. The molecule has 2 N–H and O–H groups in total. The number of halogens is 1. The summed E-state index contributed by atoms with van der Waals surface area (Å²) < 4.78 is 23.6. The lowest BCUT2D eigenvalue weighted by atomic mass is 10.0. The van der Waals surface area contributed by atoms with E-state index in [0.717, 1.165) is 22.4 Å². The smallest absolute Gasteiger partial charge is 0.221 e. The first-order chi connectivity index (χ1) is 21.4. The number of benzene rings is 2. The Morgan fingerprint density at radius 1 is 1.16 bits per heavy atom. The van der Waals surface area contributed by atoms with Gasteiger partial charge in [-0.2, -0.15) is 0 Å². The number of nitrogens with zero attached hydrogens (tertiary/aromatic N) is 5. The largest absolute Gasteiger partial charge is 0.493 e. The van der Waals surface area contributed by atoms with Gasteiger partial charge in [-0.3, -0.25) is 19.2 Å². The molecular formula is C31H36ClN7O5. The van der Waals surface area contributed by atoms with Crippen LogP contribution in [-0.2, 0) is 29.2 Å². The number of nitrogens with one attached hydrogen (secondary N) is 2. The van der Waals surface area contributed by atoms with Crippen molar-refractivity contribution in [1.82, 2.24) is 30.0 Å². The molecule has 1 amide bonds. The van der Waals surface area contributed by atoms with E-state index in [4.69, 9.17) is 30.5 Å². The van der Waals surface area contributed by atoms with Crippen LogP contribution in [0.15, 0.2) is 72.4 Å². The van der Waals surface area contributed by atoms with Crippen LogP contribution < -0.4 is 24.8 Å². The van der Waals surface area contributed by atoms with E-state index in [2.05, 4.69) is 42.5 Å².